The molecule has 0 fully saturated rings. The number of aromatic nitrogens is 3. The van der Waals surface area contributed by atoms with Crippen molar-refractivity contribution >= 4 is 10.9 Å². The second kappa shape index (κ2) is 7.78. The van der Waals surface area contributed by atoms with Gasteiger partial charge in [-0.15, -0.1) is 0 Å². The number of ether oxygens (including phenoxy) is 1. The second-order valence-electron chi connectivity index (χ2n) is 6.86. The molecule has 4 aromatic rings. The van der Waals surface area contributed by atoms with E-state index in [1.54, 1.807) is 30.6 Å². The summed E-state index contributed by atoms with van der Waals surface area (Å²) in [5.74, 6) is 0.386. The molecule has 28 heavy (non-hydrogen) atoms. The summed E-state index contributed by atoms with van der Waals surface area (Å²) in [7, 11) is 0. The van der Waals surface area contributed by atoms with Crippen molar-refractivity contribution in [1.29, 1.82) is 0 Å². The molecule has 142 valence electrons. The van der Waals surface area contributed by atoms with Crippen LogP contribution in [-0.4, -0.2) is 27.8 Å². The molecule has 1 atom stereocenters. The molecule has 0 aliphatic heterocycles. The van der Waals surface area contributed by atoms with E-state index >= 15 is 0 Å². The number of hydrogen-bond acceptors (Lipinski definition) is 4. The number of nitrogens with zero attached hydrogens (tertiary/aromatic N) is 2. The molecule has 4 rings (SSSR count). The molecule has 0 aliphatic carbocycles. The Balaban J connectivity index is 1.46. The smallest absolute Gasteiger partial charge is 0.138 e. The number of aryl methyl sites for hydroxylation is 1. The number of pyridine rings is 1. The lowest BCUT2D eigenvalue weighted by molar-refractivity contribution is 0.286. The van der Waals surface area contributed by atoms with Crippen LogP contribution in [-0.2, 0) is 6.42 Å². The molecule has 2 aromatic carbocycles. The van der Waals surface area contributed by atoms with Crippen LogP contribution in [0.25, 0.3) is 22.0 Å². The maximum absolute atomic E-state index is 13.8. The highest BCUT2D eigenvalue weighted by Gasteiger charge is 2.10. The molecule has 0 radical (unpaired) electrons. The van der Waals surface area contributed by atoms with E-state index in [-0.39, 0.29) is 18.5 Å². The summed E-state index contributed by atoms with van der Waals surface area (Å²) < 4.78 is 19.6. The SMILES string of the molecule is Cc1[nH]nc2ccc(-c3cncc(OCC(N)Cc4ccccc4F)c3)cc12. The quantitative estimate of drug-likeness (QED) is 0.533. The monoisotopic (exact) mass is 376 g/mol. The lowest BCUT2D eigenvalue weighted by Crippen LogP contribution is -2.30. The Kier molecular flexibility index (Phi) is 5.04. The summed E-state index contributed by atoms with van der Waals surface area (Å²) in [6.45, 7) is 2.27. The van der Waals surface area contributed by atoms with Gasteiger partial charge in [0.2, 0.25) is 0 Å². The highest BCUT2D eigenvalue weighted by molar-refractivity contribution is 5.86. The van der Waals surface area contributed by atoms with Crippen LogP contribution in [0.2, 0.25) is 0 Å². The van der Waals surface area contributed by atoms with Gasteiger partial charge in [-0.1, -0.05) is 24.3 Å². The van der Waals surface area contributed by atoms with Gasteiger partial charge in [-0.3, -0.25) is 10.1 Å². The first-order valence-corrected chi connectivity index (χ1v) is 9.12. The van der Waals surface area contributed by atoms with E-state index in [9.17, 15) is 4.39 Å². The van der Waals surface area contributed by atoms with Crippen LogP contribution in [0.5, 0.6) is 5.75 Å². The third kappa shape index (κ3) is 3.87. The molecule has 1 unspecified atom stereocenters. The first-order chi connectivity index (χ1) is 13.6. The summed E-state index contributed by atoms with van der Waals surface area (Å²) in [5, 5.41) is 8.33. The molecular weight excluding hydrogens is 355 g/mol. The molecule has 0 spiro atoms. The van der Waals surface area contributed by atoms with Crippen LogP contribution in [0.15, 0.2) is 60.9 Å². The minimum absolute atomic E-state index is 0.244. The van der Waals surface area contributed by atoms with Gasteiger partial charge in [0.1, 0.15) is 18.2 Å². The molecule has 0 aliphatic rings. The number of H-pyrrole nitrogens is 1. The molecular formula is C22H21FN4O. The Hall–Kier alpha value is -3.25. The van der Waals surface area contributed by atoms with Gasteiger partial charge in [0.05, 0.1) is 11.7 Å². The summed E-state index contributed by atoms with van der Waals surface area (Å²) in [6, 6.07) is 14.3. The molecule has 2 aromatic heterocycles. The van der Waals surface area contributed by atoms with E-state index in [1.807, 2.05) is 25.1 Å². The first kappa shape index (κ1) is 18.1. The van der Waals surface area contributed by atoms with E-state index in [4.69, 9.17) is 10.5 Å². The van der Waals surface area contributed by atoms with Gasteiger partial charge >= 0.3 is 0 Å². The zero-order chi connectivity index (χ0) is 19.5. The van der Waals surface area contributed by atoms with Crippen LogP contribution < -0.4 is 10.5 Å². The molecule has 2 heterocycles. The average Bonchev–Trinajstić information content (AvgIpc) is 3.09. The number of fused-ring (bicyclic) bond motifs is 1. The zero-order valence-electron chi connectivity index (χ0n) is 15.5. The highest BCUT2D eigenvalue weighted by Crippen LogP contribution is 2.27. The van der Waals surface area contributed by atoms with Gasteiger partial charge < -0.3 is 10.5 Å². The van der Waals surface area contributed by atoms with Gasteiger partial charge in [-0.2, -0.15) is 5.10 Å². The van der Waals surface area contributed by atoms with Crippen molar-refractivity contribution in [3.63, 3.8) is 0 Å². The topological polar surface area (TPSA) is 76.8 Å². The minimum Gasteiger partial charge on any atom is -0.490 e. The van der Waals surface area contributed by atoms with Gasteiger partial charge in [-0.25, -0.2) is 4.39 Å². The largest absolute Gasteiger partial charge is 0.490 e. The number of nitrogens with one attached hydrogen (secondary N) is 1. The van der Waals surface area contributed by atoms with E-state index in [0.29, 0.717) is 17.7 Å². The van der Waals surface area contributed by atoms with E-state index in [1.165, 1.54) is 6.07 Å². The van der Waals surface area contributed by atoms with Crippen molar-refractivity contribution in [3.8, 4) is 16.9 Å². The number of hydrogen-bond donors (Lipinski definition) is 2. The number of nitrogens with two attached hydrogens (primary N) is 1. The Morgan fingerprint density at radius 1 is 1.11 bits per heavy atom. The predicted octanol–water partition coefficient (Wildman–Crippen LogP) is 4.02. The van der Waals surface area contributed by atoms with Gasteiger partial charge in [0.15, 0.2) is 0 Å². The molecule has 0 saturated carbocycles. The molecule has 3 N–H and O–H groups in total. The predicted molar refractivity (Wildman–Crippen MR) is 108 cm³/mol. The fraction of sp³-hybridized carbons (Fsp3) is 0.182. The third-order valence-electron chi connectivity index (χ3n) is 4.70. The van der Waals surface area contributed by atoms with Crippen LogP contribution in [0.1, 0.15) is 11.3 Å². The highest BCUT2D eigenvalue weighted by atomic mass is 19.1. The molecule has 5 nitrogen and oxygen atoms in total. The average molecular weight is 376 g/mol. The van der Waals surface area contributed by atoms with Crippen molar-refractivity contribution in [1.82, 2.24) is 15.2 Å². The van der Waals surface area contributed by atoms with Crippen molar-refractivity contribution in [2.75, 3.05) is 6.61 Å². The Bertz CT molecular complexity index is 1110. The fourth-order valence-corrected chi connectivity index (χ4v) is 3.18. The molecule has 0 saturated heterocycles. The summed E-state index contributed by atoms with van der Waals surface area (Å²) in [6.07, 6.45) is 3.86. The zero-order valence-corrected chi connectivity index (χ0v) is 15.5. The van der Waals surface area contributed by atoms with Gasteiger partial charge in [0.25, 0.3) is 0 Å². The number of aromatic amines is 1. The van der Waals surface area contributed by atoms with E-state index in [2.05, 4.69) is 21.2 Å². The Morgan fingerprint density at radius 3 is 2.82 bits per heavy atom. The van der Waals surface area contributed by atoms with Crippen LogP contribution in [0.3, 0.4) is 0 Å². The van der Waals surface area contributed by atoms with Crippen LogP contribution in [0.4, 0.5) is 4.39 Å². The van der Waals surface area contributed by atoms with Crippen LogP contribution in [0, 0.1) is 12.7 Å². The number of benzene rings is 2. The van der Waals surface area contributed by atoms with Gasteiger partial charge in [-0.05, 0) is 48.7 Å². The fourth-order valence-electron chi connectivity index (χ4n) is 3.18. The van der Waals surface area contributed by atoms with Crippen molar-refractivity contribution in [2.24, 2.45) is 5.73 Å². The molecule has 6 heteroatoms. The Morgan fingerprint density at radius 2 is 1.96 bits per heavy atom. The normalized spacial score (nSPS) is 12.2. The number of rotatable bonds is 6. The second-order valence-corrected chi connectivity index (χ2v) is 6.86. The minimum atomic E-state index is -0.314. The maximum Gasteiger partial charge on any atom is 0.138 e. The summed E-state index contributed by atoms with van der Waals surface area (Å²) >= 11 is 0. The lowest BCUT2D eigenvalue weighted by atomic mass is 10.0. The van der Waals surface area contributed by atoms with Crippen molar-refractivity contribution < 1.29 is 9.13 Å². The lowest BCUT2D eigenvalue weighted by Gasteiger charge is -2.14. The van der Waals surface area contributed by atoms with E-state index in [0.717, 1.165) is 27.7 Å². The van der Waals surface area contributed by atoms with Crippen LogP contribution >= 0.6 is 0 Å². The number of halogens is 1. The van der Waals surface area contributed by atoms with Crippen molar-refractivity contribution in [2.45, 2.75) is 19.4 Å². The Labute approximate surface area is 162 Å². The molecule has 0 amide bonds. The maximum atomic E-state index is 13.8. The van der Waals surface area contributed by atoms with Crippen molar-refractivity contribution in [3.05, 3.63) is 78.0 Å². The first-order valence-electron chi connectivity index (χ1n) is 9.12. The van der Waals surface area contributed by atoms with E-state index < -0.39 is 0 Å². The third-order valence-corrected chi connectivity index (χ3v) is 4.70. The van der Waals surface area contributed by atoms with Gasteiger partial charge in [0, 0.05) is 28.9 Å². The molecule has 0 bridgehead atoms. The standard InChI is InChI=1S/C22H21FN4O/c1-14-20-10-15(6-7-22(20)27-26-14)17-9-19(12-25-11-17)28-13-18(24)8-16-4-2-3-5-21(16)23/h2-7,9-12,18H,8,13,24H2,1H3,(H,26,27). The summed E-state index contributed by atoms with van der Waals surface area (Å²) in [5.41, 5.74) is 10.6. The summed E-state index contributed by atoms with van der Waals surface area (Å²) in [4.78, 5) is 4.28.